The molecule has 0 aliphatic rings. The molecule has 2 aromatic carbocycles. The van der Waals surface area contributed by atoms with Gasteiger partial charge in [-0.3, -0.25) is 4.79 Å². The Hall–Kier alpha value is -3.15. The molecule has 0 atom stereocenters. The van der Waals surface area contributed by atoms with E-state index in [0.717, 1.165) is 22.2 Å². The lowest BCUT2D eigenvalue weighted by Gasteiger charge is -2.07. The first-order valence-electron chi connectivity index (χ1n) is 7.76. The molecule has 0 spiro atoms. The first-order chi connectivity index (χ1) is 12.0. The lowest BCUT2D eigenvalue weighted by molar-refractivity contribution is -0.119. The van der Waals surface area contributed by atoms with E-state index >= 15 is 0 Å². The zero-order chi connectivity index (χ0) is 18.0. The van der Waals surface area contributed by atoms with Crippen LogP contribution in [0.2, 0.25) is 0 Å². The van der Waals surface area contributed by atoms with Crippen LogP contribution in [0.15, 0.2) is 42.5 Å². The van der Waals surface area contributed by atoms with Gasteiger partial charge in [0.1, 0.15) is 5.82 Å². The standard InChI is InChI=1S/C19H17FN2O3/c1-11-12(2)21-16-8-7-13(9-14(11)16)19(24)25-10-18(23)22-17-6-4-3-5-15(17)20/h3-9,21H,10H2,1-2H3,(H,22,23). The molecule has 0 saturated carbocycles. The Morgan fingerprint density at radius 2 is 1.92 bits per heavy atom. The number of H-pyrrole nitrogens is 1. The van der Waals surface area contributed by atoms with E-state index in [4.69, 9.17) is 4.74 Å². The highest BCUT2D eigenvalue weighted by molar-refractivity contribution is 5.98. The van der Waals surface area contributed by atoms with Crippen molar-refractivity contribution in [3.8, 4) is 0 Å². The molecule has 0 aliphatic heterocycles. The number of ether oxygens (including phenoxy) is 1. The van der Waals surface area contributed by atoms with Gasteiger partial charge in [0.05, 0.1) is 11.3 Å². The van der Waals surface area contributed by atoms with Crippen LogP contribution in [0.3, 0.4) is 0 Å². The van der Waals surface area contributed by atoms with Crippen molar-refractivity contribution >= 4 is 28.5 Å². The van der Waals surface area contributed by atoms with Crippen LogP contribution in [-0.4, -0.2) is 23.5 Å². The summed E-state index contributed by atoms with van der Waals surface area (Å²) in [5.74, 6) is -1.76. The maximum absolute atomic E-state index is 13.5. The van der Waals surface area contributed by atoms with Crippen molar-refractivity contribution < 1.29 is 18.7 Å². The predicted molar refractivity (Wildman–Crippen MR) is 93.1 cm³/mol. The normalized spacial score (nSPS) is 10.7. The van der Waals surface area contributed by atoms with Crippen LogP contribution in [0.25, 0.3) is 10.9 Å². The highest BCUT2D eigenvalue weighted by Crippen LogP contribution is 2.22. The van der Waals surface area contributed by atoms with Crippen molar-refractivity contribution in [2.24, 2.45) is 0 Å². The summed E-state index contributed by atoms with van der Waals surface area (Å²) in [6, 6.07) is 10.9. The molecule has 3 aromatic rings. The number of carbonyl (C=O) groups excluding carboxylic acids is 2. The third-order valence-electron chi connectivity index (χ3n) is 4.03. The maximum Gasteiger partial charge on any atom is 0.338 e. The number of aromatic amines is 1. The van der Waals surface area contributed by atoms with Crippen molar-refractivity contribution in [1.82, 2.24) is 4.98 Å². The fourth-order valence-corrected chi connectivity index (χ4v) is 2.55. The number of amides is 1. The van der Waals surface area contributed by atoms with Crippen LogP contribution >= 0.6 is 0 Å². The second-order valence-electron chi connectivity index (χ2n) is 5.74. The molecular weight excluding hydrogens is 323 g/mol. The van der Waals surface area contributed by atoms with Crippen molar-refractivity contribution in [2.45, 2.75) is 13.8 Å². The van der Waals surface area contributed by atoms with Crippen LogP contribution in [0.4, 0.5) is 10.1 Å². The fourth-order valence-electron chi connectivity index (χ4n) is 2.55. The topological polar surface area (TPSA) is 71.2 Å². The van der Waals surface area contributed by atoms with E-state index in [1.165, 1.54) is 18.2 Å². The Balaban J connectivity index is 1.65. The van der Waals surface area contributed by atoms with E-state index in [-0.39, 0.29) is 5.69 Å². The minimum absolute atomic E-state index is 0.0448. The molecule has 0 radical (unpaired) electrons. The number of aryl methyl sites for hydroxylation is 2. The number of esters is 1. The number of hydrogen-bond donors (Lipinski definition) is 2. The Morgan fingerprint density at radius 3 is 2.68 bits per heavy atom. The largest absolute Gasteiger partial charge is 0.452 e. The molecule has 2 N–H and O–H groups in total. The van der Waals surface area contributed by atoms with Gasteiger partial charge in [-0.2, -0.15) is 0 Å². The predicted octanol–water partition coefficient (Wildman–Crippen LogP) is 3.72. The second-order valence-corrected chi connectivity index (χ2v) is 5.74. The van der Waals surface area contributed by atoms with Crippen molar-refractivity contribution in [3.63, 3.8) is 0 Å². The first-order valence-corrected chi connectivity index (χ1v) is 7.76. The van der Waals surface area contributed by atoms with E-state index < -0.39 is 24.3 Å². The second kappa shape index (κ2) is 6.76. The number of hydrogen-bond acceptors (Lipinski definition) is 3. The Kier molecular flexibility index (Phi) is 4.52. The van der Waals surface area contributed by atoms with Gasteiger partial charge in [-0.15, -0.1) is 0 Å². The van der Waals surface area contributed by atoms with Crippen LogP contribution in [0, 0.1) is 19.7 Å². The number of fused-ring (bicyclic) bond motifs is 1. The smallest absolute Gasteiger partial charge is 0.338 e. The van der Waals surface area contributed by atoms with Crippen molar-refractivity contribution in [2.75, 3.05) is 11.9 Å². The highest BCUT2D eigenvalue weighted by Gasteiger charge is 2.13. The van der Waals surface area contributed by atoms with E-state index in [0.29, 0.717) is 5.56 Å². The summed E-state index contributed by atoms with van der Waals surface area (Å²) in [5.41, 5.74) is 3.42. The zero-order valence-corrected chi connectivity index (χ0v) is 13.9. The van der Waals surface area contributed by atoms with Crippen LogP contribution in [-0.2, 0) is 9.53 Å². The molecule has 0 aliphatic carbocycles. The van der Waals surface area contributed by atoms with Crippen molar-refractivity contribution in [1.29, 1.82) is 0 Å². The highest BCUT2D eigenvalue weighted by atomic mass is 19.1. The van der Waals surface area contributed by atoms with Gasteiger partial charge in [-0.05, 0) is 49.7 Å². The van der Waals surface area contributed by atoms with Gasteiger partial charge in [-0.1, -0.05) is 12.1 Å². The summed E-state index contributed by atoms with van der Waals surface area (Å²) < 4.78 is 18.5. The summed E-state index contributed by atoms with van der Waals surface area (Å²) in [4.78, 5) is 27.2. The molecule has 1 heterocycles. The maximum atomic E-state index is 13.5. The molecule has 6 heteroatoms. The van der Waals surface area contributed by atoms with Gasteiger partial charge in [0.2, 0.25) is 0 Å². The van der Waals surface area contributed by atoms with Gasteiger partial charge in [-0.25, -0.2) is 9.18 Å². The fraction of sp³-hybridized carbons (Fsp3) is 0.158. The monoisotopic (exact) mass is 340 g/mol. The molecule has 0 fully saturated rings. The van der Waals surface area contributed by atoms with E-state index in [2.05, 4.69) is 10.3 Å². The van der Waals surface area contributed by atoms with E-state index in [9.17, 15) is 14.0 Å². The van der Waals surface area contributed by atoms with Gasteiger partial charge < -0.3 is 15.0 Å². The lowest BCUT2D eigenvalue weighted by atomic mass is 10.1. The van der Waals surface area contributed by atoms with Gasteiger partial charge >= 0.3 is 5.97 Å². The molecule has 3 rings (SSSR count). The molecule has 0 saturated heterocycles. The minimum atomic E-state index is -0.608. The molecule has 5 nitrogen and oxygen atoms in total. The average molecular weight is 340 g/mol. The number of halogens is 1. The molecule has 1 amide bonds. The number of benzene rings is 2. The molecule has 25 heavy (non-hydrogen) atoms. The third-order valence-corrected chi connectivity index (χ3v) is 4.03. The quantitative estimate of drug-likeness (QED) is 0.711. The molecule has 1 aromatic heterocycles. The zero-order valence-electron chi connectivity index (χ0n) is 13.9. The summed E-state index contributed by atoms with van der Waals surface area (Å²) in [7, 11) is 0. The number of rotatable bonds is 4. The van der Waals surface area contributed by atoms with Crippen LogP contribution < -0.4 is 5.32 Å². The van der Waals surface area contributed by atoms with Gasteiger partial charge in [0, 0.05) is 16.6 Å². The third kappa shape index (κ3) is 3.52. The summed E-state index contributed by atoms with van der Waals surface area (Å²) in [5, 5.41) is 3.30. The number of carbonyl (C=O) groups is 2. The number of nitrogens with one attached hydrogen (secondary N) is 2. The number of anilines is 1. The van der Waals surface area contributed by atoms with Gasteiger partial charge in [0.25, 0.3) is 5.91 Å². The minimum Gasteiger partial charge on any atom is -0.452 e. The molecule has 0 unspecified atom stereocenters. The summed E-state index contributed by atoms with van der Waals surface area (Å²) in [6.45, 7) is 3.43. The van der Waals surface area contributed by atoms with Crippen LogP contribution in [0.1, 0.15) is 21.6 Å². The number of aromatic nitrogens is 1. The number of para-hydroxylation sites is 1. The Bertz CT molecular complexity index is 962. The van der Waals surface area contributed by atoms with E-state index in [1.54, 1.807) is 24.3 Å². The first kappa shape index (κ1) is 16.7. The van der Waals surface area contributed by atoms with Gasteiger partial charge in [0.15, 0.2) is 6.61 Å². The molecule has 128 valence electrons. The SMILES string of the molecule is Cc1[nH]c2ccc(C(=O)OCC(=O)Nc3ccccc3F)cc2c1C. The Morgan fingerprint density at radius 1 is 1.16 bits per heavy atom. The lowest BCUT2D eigenvalue weighted by Crippen LogP contribution is -2.21. The average Bonchev–Trinajstić information content (AvgIpc) is 2.89. The van der Waals surface area contributed by atoms with Crippen molar-refractivity contribution in [3.05, 3.63) is 65.1 Å². The molecular formula is C19H17FN2O3. The van der Waals surface area contributed by atoms with Crippen LogP contribution in [0.5, 0.6) is 0 Å². The summed E-state index contributed by atoms with van der Waals surface area (Å²) in [6.07, 6.45) is 0. The molecule has 0 bridgehead atoms. The summed E-state index contributed by atoms with van der Waals surface area (Å²) >= 11 is 0. The van der Waals surface area contributed by atoms with E-state index in [1.807, 2.05) is 13.8 Å². The Labute approximate surface area is 143 Å².